The smallest absolute Gasteiger partial charge is 0.406 e. The van der Waals surface area contributed by atoms with Crippen LogP contribution in [0.25, 0.3) is 11.3 Å². The van der Waals surface area contributed by atoms with Gasteiger partial charge in [-0.25, -0.2) is 4.98 Å². The molecule has 0 aliphatic heterocycles. The highest BCUT2D eigenvalue weighted by molar-refractivity contribution is 9.10. The van der Waals surface area contributed by atoms with Crippen molar-refractivity contribution in [1.82, 2.24) is 9.97 Å². The van der Waals surface area contributed by atoms with Crippen LogP contribution in [0.1, 0.15) is 20.3 Å². The predicted octanol–water partition coefficient (Wildman–Crippen LogP) is 6.76. The Morgan fingerprint density at radius 3 is 2.53 bits per heavy atom. The molecule has 0 spiro atoms. The van der Waals surface area contributed by atoms with Gasteiger partial charge in [-0.2, -0.15) is 4.98 Å². The number of rotatable bonds is 7. The van der Waals surface area contributed by atoms with Gasteiger partial charge in [0, 0.05) is 27.8 Å². The van der Waals surface area contributed by atoms with E-state index in [1.807, 2.05) is 38.1 Å². The average molecular weight is 481 g/mol. The summed E-state index contributed by atoms with van der Waals surface area (Å²) in [5, 5.41) is 6.42. The summed E-state index contributed by atoms with van der Waals surface area (Å²) >= 11 is 3.42. The first-order valence-electron chi connectivity index (χ1n) is 9.26. The molecule has 9 heteroatoms. The van der Waals surface area contributed by atoms with Crippen LogP contribution in [0.15, 0.2) is 59.1 Å². The van der Waals surface area contributed by atoms with E-state index < -0.39 is 6.36 Å². The van der Waals surface area contributed by atoms with E-state index in [4.69, 9.17) is 0 Å². The number of alkyl halides is 3. The van der Waals surface area contributed by atoms with E-state index in [0.717, 1.165) is 16.6 Å². The summed E-state index contributed by atoms with van der Waals surface area (Å²) in [6.45, 7) is 4.02. The Kier molecular flexibility index (Phi) is 6.81. The van der Waals surface area contributed by atoms with Crippen molar-refractivity contribution in [2.75, 3.05) is 10.6 Å². The largest absolute Gasteiger partial charge is 0.573 e. The third-order valence-electron chi connectivity index (χ3n) is 4.17. The molecule has 0 bridgehead atoms. The van der Waals surface area contributed by atoms with Crippen LogP contribution in [-0.2, 0) is 0 Å². The van der Waals surface area contributed by atoms with Gasteiger partial charge in [0.2, 0.25) is 5.95 Å². The molecule has 0 aliphatic rings. The van der Waals surface area contributed by atoms with Crippen molar-refractivity contribution in [3.05, 3.63) is 59.1 Å². The molecule has 158 valence electrons. The highest BCUT2D eigenvalue weighted by Gasteiger charge is 2.31. The SMILES string of the molecule is CC[C@@H](C)Nc1nc(Nc2cccc(Br)c2)cc(-c2cccc(OC(F)(F)F)c2)n1. The molecule has 5 nitrogen and oxygen atoms in total. The van der Waals surface area contributed by atoms with E-state index in [1.165, 1.54) is 18.2 Å². The van der Waals surface area contributed by atoms with Crippen molar-refractivity contribution in [2.45, 2.75) is 32.7 Å². The Bertz CT molecular complexity index is 1010. The van der Waals surface area contributed by atoms with Crippen molar-refractivity contribution in [3.63, 3.8) is 0 Å². The minimum atomic E-state index is -4.76. The Balaban J connectivity index is 1.98. The van der Waals surface area contributed by atoms with Crippen LogP contribution >= 0.6 is 15.9 Å². The van der Waals surface area contributed by atoms with Crippen LogP contribution in [0.5, 0.6) is 5.75 Å². The van der Waals surface area contributed by atoms with Gasteiger partial charge in [0.15, 0.2) is 0 Å². The molecule has 0 amide bonds. The lowest BCUT2D eigenvalue weighted by molar-refractivity contribution is -0.274. The second-order valence-corrected chi connectivity index (χ2v) is 7.54. The van der Waals surface area contributed by atoms with Gasteiger partial charge in [-0.1, -0.05) is 41.1 Å². The van der Waals surface area contributed by atoms with Gasteiger partial charge in [-0.05, 0) is 43.7 Å². The number of aromatic nitrogens is 2. The number of nitrogens with zero attached hydrogens (tertiary/aromatic N) is 2. The summed E-state index contributed by atoms with van der Waals surface area (Å²) in [7, 11) is 0. The first kappa shape index (κ1) is 21.9. The van der Waals surface area contributed by atoms with Crippen molar-refractivity contribution in [1.29, 1.82) is 0 Å². The predicted molar refractivity (Wildman–Crippen MR) is 115 cm³/mol. The van der Waals surface area contributed by atoms with Crippen LogP contribution in [0, 0.1) is 0 Å². The van der Waals surface area contributed by atoms with Crippen LogP contribution < -0.4 is 15.4 Å². The van der Waals surface area contributed by atoms with Crippen molar-refractivity contribution >= 4 is 33.4 Å². The van der Waals surface area contributed by atoms with Gasteiger partial charge in [0.25, 0.3) is 0 Å². The molecule has 0 aliphatic carbocycles. The Labute approximate surface area is 180 Å². The standard InChI is InChI=1S/C21H20BrF3N4O/c1-3-13(2)26-20-28-18(14-6-4-9-17(10-14)30-21(23,24)25)12-19(29-20)27-16-8-5-7-15(22)11-16/h4-13H,3H2,1-2H3,(H2,26,27,28,29)/t13-/m1/s1. The Hall–Kier alpha value is -2.81. The van der Waals surface area contributed by atoms with E-state index in [0.29, 0.717) is 23.0 Å². The van der Waals surface area contributed by atoms with E-state index in [1.54, 1.807) is 12.1 Å². The molecule has 0 saturated carbocycles. The van der Waals surface area contributed by atoms with Crippen LogP contribution in [-0.4, -0.2) is 22.4 Å². The first-order chi connectivity index (χ1) is 14.2. The Morgan fingerprint density at radius 2 is 1.83 bits per heavy atom. The molecule has 30 heavy (non-hydrogen) atoms. The van der Waals surface area contributed by atoms with Crippen LogP contribution in [0.4, 0.5) is 30.6 Å². The fourth-order valence-corrected chi connectivity index (χ4v) is 3.01. The quantitative estimate of drug-likeness (QED) is 0.391. The zero-order valence-electron chi connectivity index (χ0n) is 16.3. The second kappa shape index (κ2) is 9.34. The van der Waals surface area contributed by atoms with Gasteiger partial charge in [-0.3, -0.25) is 0 Å². The number of anilines is 3. The fourth-order valence-electron chi connectivity index (χ4n) is 2.61. The summed E-state index contributed by atoms with van der Waals surface area (Å²) < 4.78 is 42.7. The van der Waals surface area contributed by atoms with E-state index >= 15 is 0 Å². The summed E-state index contributed by atoms with van der Waals surface area (Å²) in [5.74, 6) is 0.573. The first-order valence-corrected chi connectivity index (χ1v) is 10.1. The maximum Gasteiger partial charge on any atom is 0.573 e. The molecule has 1 aromatic heterocycles. The molecule has 0 fully saturated rings. The Morgan fingerprint density at radius 1 is 1.07 bits per heavy atom. The highest BCUT2D eigenvalue weighted by Crippen LogP contribution is 2.29. The van der Waals surface area contributed by atoms with E-state index in [2.05, 4.69) is 41.3 Å². The van der Waals surface area contributed by atoms with Crippen molar-refractivity contribution in [2.24, 2.45) is 0 Å². The second-order valence-electron chi connectivity index (χ2n) is 6.63. The van der Waals surface area contributed by atoms with Gasteiger partial charge < -0.3 is 15.4 Å². The molecule has 0 unspecified atom stereocenters. The monoisotopic (exact) mass is 480 g/mol. The molecule has 1 heterocycles. The normalized spacial score (nSPS) is 12.3. The summed E-state index contributed by atoms with van der Waals surface area (Å²) in [6.07, 6.45) is -3.90. The molecule has 2 N–H and O–H groups in total. The molecule has 0 radical (unpaired) electrons. The van der Waals surface area contributed by atoms with Gasteiger partial charge in [0.05, 0.1) is 5.69 Å². The van der Waals surface area contributed by atoms with Crippen molar-refractivity contribution in [3.8, 4) is 17.0 Å². The van der Waals surface area contributed by atoms with Gasteiger partial charge in [0.1, 0.15) is 11.6 Å². The molecular formula is C21H20BrF3N4O. The van der Waals surface area contributed by atoms with Gasteiger partial charge in [-0.15, -0.1) is 13.2 Å². The minimum absolute atomic E-state index is 0.124. The zero-order chi connectivity index (χ0) is 21.7. The summed E-state index contributed by atoms with van der Waals surface area (Å²) in [5.41, 5.74) is 1.74. The average Bonchev–Trinajstić information content (AvgIpc) is 2.66. The molecule has 1 atom stereocenters. The number of nitrogens with one attached hydrogen (secondary N) is 2. The number of hydrogen-bond acceptors (Lipinski definition) is 5. The van der Waals surface area contributed by atoms with Crippen LogP contribution in [0.2, 0.25) is 0 Å². The minimum Gasteiger partial charge on any atom is -0.406 e. The number of halogens is 4. The number of ether oxygens (including phenoxy) is 1. The lowest BCUT2D eigenvalue weighted by Gasteiger charge is -2.15. The summed E-state index contributed by atoms with van der Waals surface area (Å²) in [6, 6.07) is 15.1. The molecule has 3 rings (SSSR count). The van der Waals surface area contributed by atoms with Crippen LogP contribution in [0.3, 0.4) is 0 Å². The molecular weight excluding hydrogens is 461 g/mol. The maximum absolute atomic E-state index is 12.6. The lowest BCUT2D eigenvalue weighted by Crippen LogP contribution is -2.17. The lowest BCUT2D eigenvalue weighted by atomic mass is 10.1. The highest BCUT2D eigenvalue weighted by atomic mass is 79.9. The zero-order valence-corrected chi connectivity index (χ0v) is 17.9. The fraction of sp³-hybridized carbons (Fsp3) is 0.238. The summed E-state index contributed by atoms with van der Waals surface area (Å²) in [4.78, 5) is 8.97. The number of benzene rings is 2. The van der Waals surface area contributed by atoms with Gasteiger partial charge >= 0.3 is 6.36 Å². The molecule has 3 aromatic rings. The number of hydrogen-bond donors (Lipinski definition) is 2. The maximum atomic E-state index is 12.6. The van der Waals surface area contributed by atoms with E-state index in [-0.39, 0.29) is 11.8 Å². The topological polar surface area (TPSA) is 59.1 Å². The molecule has 2 aromatic carbocycles. The third kappa shape index (κ3) is 6.35. The molecule has 0 saturated heterocycles. The third-order valence-corrected chi connectivity index (χ3v) is 4.67. The van der Waals surface area contributed by atoms with Crippen molar-refractivity contribution < 1.29 is 17.9 Å². The van der Waals surface area contributed by atoms with E-state index in [9.17, 15) is 13.2 Å².